The zero-order chi connectivity index (χ0) is 18.3. The third kappa shape index (κ3) is 7.17. The average molecular weight is 459 g/mol. The van der Waals surface area contributed by atoms with Crippen LogP contribution in [0.25, 0.3) is 0 Å². The summed E-state index contributed by atoms with van der Waals surface area (Å²) in [6.07, 6.45) is -1.73. The van der Waals surface area contributed by atoms with Crippen LogP contribution in [0.2, 0.25) is 4.75 Å². The van der Waals surface area contributed by atoms with Crippen molar-refractivity contribution in [3.8, 4) is 0 Å². The molecule has 0 saturated heterocycles. The number of amides is 1. The van der Waals surface area contributed by atoms with Gasteiger partial charge in [-0.15, -0.1) is 0 Å². The average Bonchev–Trinajstić information content (AvgIpc) is 2.48. The minimum atomic E-state index is -4.28. The van der Waals surface area contributed by atoms with Crippen LogP contribution < -0.4 is 5.32 Å². The third-order valence-corrected chi connectivity index (χ3v) is 10.2. The van der Waals surface area contributed by atoms with Crippen molar-refractivity contribution in [1.82, 2.24) is 5.32 Å². The first-order valence-corrected chi connectivity index (χ1v) is 16.1. The summed E-state index contributed by atoms with van der Waals surface area (Å²) in [5.41, 5.74) is 0.695. The molecule has 0 aliphatic carbocycles. The number of nitrogens with one attached hydrogen (secondary N) is 1. The number of carboxylic acid groups (broad SMARTS) is 2. The van der Waals surface area contributed by atoms with Crippen molar-refractivity contribution in [2.75, 3.05) is 0 Å². The Morgan fingerprint density at radius 3 is 2.17 bits per heavy atom. The van der Waals surface area contributed by atoms with Gasteiger partial charge in [-0.1, -0.05) is 0 Å². The summed E-state index contributed by atoms with van der Waals surface area (Å²) < 4.78 is 3.60. The summed E-state index contributed by atoms with van der Waals surface area (Å²) in [4.78, 5) is 34.1. The van der Waals surface area contributed by atoms with Gasteiger partial charge >= 0.3 is 153 Å². The van der Waals surface area contributed by atoms with Gasteiger partial charge in [-0.3, -0.25) is 0 Å². The second-order valence-corrected chi connectivity index (χ2v) is 20.9. The Kier molecular flexibility index (Phi) is 8.14. The minimum absolute atomic E-state index is 0.0855. The van der Waals surface area contributed by atoms with E-state index in [2.05, 4.69) is 5.32 Å². The number of aliphatic carboxylic acids is 2. The molecule has 1 rings (SSSR count). The van der Waals surface area contributed by atoms with E-state index in [1.165, 1.54) is 0 Å². The number of ether oxygens (including phenoxy) is 1. The number of carboxylic acids is 2. The molecule has 0 spiro atoms. The van der Waals surface area contributed by atoms with Gasteiger partial charge in [0, 0.05) is 0 Å². The number of benzene rings is 1. The second kappa shape index (κ2) is 9.36. The summed E-state index contributed by atoms with van der Waals surface area (Å²) in [5.74, 6) is -2.84. The van der Waals surface area contributed by atoms with Crippen LogP contribution in [0.5, 0.6) is 0 Å². The number of hydrogen-bond acceptors (Lipinski definition) is 4. The Bertz CT molecular complexity index is 595. The third-order valence-electron chi connectivity index (χ3n) is 2.97. The maximum absolute atomic E-state index is 11.8. The fourth-order valence-electron chi connectivity index (χ4n) is 1.84. The molecule has 2 atom stereocenters. The van der Waals surface area contributed by atoms with Gasteiger partial charge in [0.15, 0.2) is 0 Å². The number of rotatable bonds is 8. The Morgan fingerprint density at radius 2 is 1.71 bits per heavy atom. The maximum atomic E-state index is 11.8. The molecule has 1 aromatic carbocycles. The van der Waals surface area contributed by atoms with E-state index in [0.29, 0.717) is 5.56 Å². The zero-order valence-electron chi connectivity index (χ0n) is 12.1. The molecule has 0 saturated carbocycles. The van der Waals surface area contributed by atoms with E-state index < -0.39 is 45.7 Å². The molecule has 0 radical (unpaired) electrons. The van der Waals surface area contributed by atoms with Gasteiger partial charge < -0.3 is 0 Å². The summed E-state index contributed by atoms with van der Waals surface area (Å²) in [6, 6.07) is 7.04. The molecule has 0 aliphatic heterocycles. The number of halogens is 3. The molecule has 0 fully saturated rings. The van der Waals surface area contributed by atoms with Crippen molar-refractivity contribution in [3.63, 3.8) is 0 Å². The first-order valence-electron chi connectivity index (χ1n) is 6.59. The number of carbonyl (C=O) groups excluding carboxylic acids is 1. The second-order valence-electron chi connectivity index (χ2n) is 4.77. The van der Waals surface area contributed by atoms with Crippen molar-refractivity contribution >= 4 is 58.5 Å². The SMILES string of the molecule is O=C(O)C[CH](C(NC(=O)OCc1ccccc1)C(=O)O)[Ge]([Cl])([Cl])[Cl]. The Hall–Kier alpha value is -1.16. The Labute approximate surface area is 152 Å². The van der Waals surface area contributed by atoms with E-state index in [-0.39, 0.29) is 6.61 Å². The van der Waals surface area contributed by atoms with E-state index in [1.54, 1.807) is 30.3 Å². The molecule has 1 aromatic rings. The quantitative estimate of drug-likeness (QED) is 0.516. The van der Waals surface area contributed by atoms with Crippen molar-refractivity contribution in [2.24, 2.45) is 0 Å². The Morgan fingerprint density at radius 1 is 1.12 bits per heavy atom. The number of alkyl carbamates (subject to hydrolysis) is 1. The summed E-state index contributed by atoms with van der Waals surface area (Å²) in [5, 5.41) is 20.2. The molecule has 0 bridgehead atoms. The van der Waals surface area contributed by atoms with Gasteiger partial charge in [-0.2, -0.15) is 0 Å². The van der Waals surface area contributed by atoms with Gasteiger partial charge in [0.1, 0.15) is 0 Å². The van der Waals surface area contributed by atoms with E-state index >= 15 is 0 Å². The fraction of sp³-hybridized carbons (Fsp3) is 0.308. The Balaban J connectivity index is 2.77. The molecule has 132 valence electrons. The number of hydrogen-bond donors (Lipinski definition) is 3. The standard InChI is InChI=1S/C13H14Cl3GeNO6/c14-17(15,16)9(6-10(19)20)11(12(21)22)18-13(23)24-7-8-4-2-1-3-5-8/h1-5,9,11H,6-7H2,(H,18,23)(H,19,20)(H,21,22). The number of carbonyl (C=O) groups is 3. The molecule has 7 nitrogen and oxygen atoms in total. The van der Waals surface area contributed by atoms with Crippen LogP contribution in [0.1, 0.15) is 12.0 Å². The molecule has 0 aliphatic rings. The molecular weight excluding hydrogens is 445 g/mol. The molecule has 11 heteroatoms. The van der Waals surface area contributed by atoms with Gasteiger partial charge in [-0.05, 0) is 0 Å². The normalized spacial score (nSPS) is 13.6. The fourth-order valence-corrected chi connectivity index (χ4v) is 7.12. The van der Waals surface area contributed by atoms with Crippen LogP contribution >= 0.6 is 30.0 Å². The summed E-state index contributed by atoms with van der Waals surface area (Å²) >= 11 is 0. The van der Waals surface area contributed by atoms with Crippen molar-refractivity contribution in [2.45, 2.75) is 23.8 Å². The topological polar surface area (TPSA) is 113 Å². The van der Waals surface area contributed by atoms with E-state index in [1.807, 2.05) is 0 Å². The van der Waals surface area contributed by atoms with Gasteiger partial charge in [0.25, 0.3) is 0 Å². The van der Waals surface area contributed by atoms with Crippen LogP contribution in [0.4, 0.5) is 4.79 Å². The first kappa shape index (κ1) is 20.9. The summed E-state index contributed by atoms with van der Waals surface area (Å²) in [6.45, 7) is -0.0855. The van der Waals surface area contributed by atoms with E-state index in [0.717, 1.165) is 0 Å². The van der Waals surface area contributed by atoms with Crippen LogP contribution in [-0.2, 0) is 20.9 Å². The van der Waals surface area contributed by atoms with Crippen LogP contribution in [0.3, 0.4) is 0 Å². The van der Waals surface area contributed by atoms with Gasteiger partial charge in [-0.25, -0.2) is 0 Å². The first-order chi connectivity index (χ1) is 11.1. The van der Waals surface area contributed by atoms with Crippen molar-refractivity contribution < 1.29 is 29.3 Å². The molecular formula is C13H14Cl3GeNO6. The van der Waals surface area contributed by atoms with Crippen LogP contribution in [0.15, 0.2) is 30.3 Å². The molecule has 2 unspecified atom stereocenters. The predicted molar refractivity (Wildman–Crippen MR) is 90.5 cm³/mol. The zero-order valence-corrected chi connectivity index (χ0v) is 16.5. The van der Waals surface area contributed by atoms with E-state index in [4.69, 9.17) is 39.9 Å². The van der Waals surface area contributed by atoms with E-state index in [9.17, 15) is 19.5 Å². The summed E-state index contributed by atoms with van der Waals surface area (Å²) in [7, 11) is 13.2. The molecule has 0 heterocycles. The molecule has 1 amide bonds. The van der Waals surface area contributed by atoms with Crippen molar-refractivity contribution in [3.05, 3.63) is 35.9 Å². The van der Waals surface area contributed by atoms with Crippen LogP contribution in [0, 0.1) is 0 Å². The van der Waals surface area contributed by atoms with Crippen LogP contribution in [-0.4, -0.2) is 44.8 Å². The van der Waals surface area contributed by atoms with Gasteiger partial charge in [0.2, 0.25) is 0 Å². The monoisotopic (exact) mass is 459 g/mol. The van der Waals surface area contributed by atoms with Gasteiger partial charge in [0.05, 0.1) is 0 Å². The molecule has 0 aromatic heterocycles. The molecule has 3 N–H and O–H groups in total. The van der Waals surface area contributed by atoms with Crippen molar-refractivity contribution in [1.29, 1.82) is 0 Å². The predicted octanol–water partition coefficient (Wildman–Crippen LogP) is 2.87. The molecule has 24 heavy (non-hydrogen) atoms.